The molecule has 1 fully saturated rings. The molecule has 1 aromatic rings. The van der Waals surface area contributed by atoms with Crippen molar-refractivity contribution in [3.05, 3.63) is 24.3 Å². The number of nitrogens with two attached hydrogens (primary N) is 1. The number of rotatable bonds is 3. The molecule has 1 amide bonds. The van der Waals surface area contributed by atoms with Gasteiger partial charge >= 0.3 is 6.36 Å². The average Bonchev–Trinajstić information content (AvgIpc) is 2.40. The molecule has 4 nitrogen and oxygen atoms in total. The molecule has 0 atom stereocenters. The molecular formula is C14H18ClF3N2O2. The zero-order valence-electron chi connectivity index (χ0n) is 11.8. The molecule has 1 saturated carbocycles. The van der Waals surface area contributed by atoms with Crippen molar-refractivity contribution >= 4 is 24.0 Å². The number of halogens is 4. The molecule has 1 aromatic carbocycles. The number of hydrogen-bond donors (Lipinski definition) is 2. The predicted molar refractivity (Wildman–Crippen MR) is 79.0 cm³/mol. The fourth-order valence-electron chi connectivity index (χ4n) is 2.41. The highest BCUT2D eigenvalue weighted by molar-refractivity contribution is 5.98. The topological polar surface area (TPSA) is 64.4 Å². The van der Waals surface area contributed by atoms with Crippen LogP contribution in [0.5, 0.6) is 5.75 Å². The van der Waals surface area contributed by atoms with Crippen LogP contribution in [0.2, 0.25) is 0 Å². The van der Waals surface area contributed by atoms with Crippen molar-refractivity contribution < 1.29 is 22.7 Å². The van der Waals surface area contributed by atoms with Gasteiger partial charge in [0.2, 0.25) is 5.91 Å². The molecule has 0 heterocycles. The third-order valence-corrected chi connectivity index (χ3v) is 3.54. The molecule has 1 aliphatic rings. The Kier molecular flexibility index (Phi) is 6.08. The normalized spacial score (nSPS) is 17.3. The molecule has 0 aromatic heterocycles. The fourth-order valence-corrected chi connectivity index (χ4v) is 2.41. The Morgan fingerprint density at radius 3 is 2.18 bits per heavy atom. The Morgan fingerprint density at radius 2 is 1.68 bits per heavy atom. The Balaban J connectivity index is 0.00000242. The van der Waals surface area contributed by atoms with Gasteiger partial charge in [-0.05, 0) is 37.1 Å². The molecule has 0 spiro atoms. The molecule has 0 bridgehead atoms. The molecule has 1 aliphatic carbocycles. The van der Waals surface area contributed by atoms with Crippen molar-refractivity contribution in [2.24, 2.45) is 5.73 Å². The highest BCUT2D eigenvalue weighted by atomic mass is 35.5. The highest BCUT2D eigenvalue weighted by Crippen LogP contribution is 2.28. The van der Waals surface area contributed by atoms with Crippen molar-refractivity contribution in [2.45, 2.75) is 44.0 Å². The molecule has 0 radical (unpaired) electrons. The van der Waals surface area contributed by atoms with Crippen LogP contribution in [0.3, 0.4) is 0 Å². The summed E-state index contributed by atoms with van der Waals surface area (Å²) in [7, 11) is 0. The average molecular weight is 339 g/mol. The predicted octanol–water partition coefficient (Wildman–Crippen LogP) is 3.61. The van der Waals surface area contributed by atoms with E-state index in [2.05, 4.69) is 10.1 Å². The van der Waals surface area contributed by atoms with Crippen LogP contribution in [0, 0.1) is 0 Å². The summed E-state index contributed by atoms with van der Waals surface area (Å²) in [5.74, 6) is -0.632. The van der Waals surface area contributed by atoms with Crippen LogP contribution in [0.25, 0.3) is 0 Å². The van der Waals surface area contributed by atoms with E-state index < -0.39 is 11.9 Å². The van der Waals surface area contributed by atoms with Gasteiger partial charge in [-0.2, -0.15) is 0 Å². The lowest BCUT2D eigenvalue weighted by Gasteiger charge is -2.31. The third kappa shape index (κ3) is 5.06. The van der Waals surface area contributed by atoms with Crippen LogP contribution in [0.1, 0.15) is 32.1 Å². The van der Waals surface area contributed by atoms with Gasteiger partial charge in [0.1, 0.15) is 5.75 Å². The van der Waals surface area contributed by atoms with Crippen molar-refractivity contribution in [1.29, 1.82) is 0 Å². The van der Waals surface area contributed by atoms with E-state index in [9.17, 15) is 18.0 Å². The van der Waals surface area contributed by atoms with E-state index in [0.29, 0.717) is 18.5 Å². The van der Waals surface area contributed by atoms with Crippen LogP contribution in [0.15, 0.2) is 24.3 Å². The second kappa shape index (κ2) is 7.19. The van der Waals surface area contributed by atoms with Gasteiger partial charge in [-0.25, -0.2) is 0 Å². The maximum Gasteiger partial charge on any atom is 0.573 e. The molecule has 2 rings (SSSR count). The number of amides is 1. The van der Waals surface area contributed by atoms with Crippen LogP contribution in [0.4, 0.5) is 18.9 Å². The summed E-state index contributed by atoms with van der Waals surface area (Å²) in [5.41, 5.74) is 5.58. The van der Waals surface area contributed by atoms with E-state index in [0.717, 1.165) is 31.4 Å². The Bertz CT molecular complexity index is 500. The van der Waals surface area contributed by atoms with Gasteiger partial charge in [-0.15, -0.1) is 25.6 Å². The zero-order valence-corrected chi connectivity index (χ0v) is 12.6. The van der Waals surface area contributed by atoms with Gasteiger partial charge in [-0.3, -0.25) is 4.79 Å². The summed E-state index contributed by atoms with van der Waals surface area (Å²) in [5, 5.41) is 2.64. The van der Waals surface area contributed by atoms with E-state index in [1.165, 1.54) is 12.1 Å². The summed E-state index contributed by atoms with van der Waals surface area (Å²) in [4.78, 5) is 12.2. The lowest BCUT2D eigenvalue weighted by Crippen LogP contribution is -2.52. The Labute approximate surface area is 132 Å². The smallest absolute Gasteiger partial charge is 0.406 e. The van der Waals surface area contributed by atoms with Gasteiger partial charge in [0.25, 0.3) is 0 Å². The first-order valence-corrected chi connectivity index (χ1v) is 6.75. The van der Waals surface area contributed by atoms with Gasteiger partial charge in [-0.1, -0.05) is 19.3 Å². The maximum absolute atomic E-state index is 12.2. The van der Waals surface area contributed by atoms with Gasteiger partial charge in [0.15, 0.2) is 0 Å². The van der Waals surface area contributed by atoms with E-state index in [-0.39, 0.29) is 24.1 Å². The first-order chi connectivity index (χ1) is 9.78. The highest BCUT2D eigenvalue weighted by Gasteiger charge is 2.35. The number of ether oxygens (including phenoxy) is 1. The molecule has 0 unspecified atom stereocenters. The number of carbonyl (C=O) groups is 1. The Morgan fingerprint density at radius 1 is 1.14 bits per heavy atom. The number of anilines is 1. The minimum Gasteiger partial charge on any atom is -0.406 e. The zero-order chi connectivity index (χ0) is 15.5. The van der Waals surface area contributed by atoms with Crippen LogP contribution < -0.4 is 15.8 Å². The van der Waals surface area contributed by atoms with Crippen molar-refractivity contribution in [2.75, 3.05) is 5.32 Å². The molecule has 124 valence electrons. The van der Waals surface area contributed by atoms with Gasteiger partial charge in [0.05, 0.1) is 5.54 Å². The summed E-state index contributed by atoms with van der Waals surface area (Å²) in [6.45, 7) is 0. The van der Waals surface area contributed by atoms with E-state index in [4.69, 9.17) is 5.73 Å². The van der Waals surface area contributed by atoms with Crippen molar-refractivity contribution in [3.8, 4) is 5.75 Å². The molecule has 22 heavy (non-hydrogen) atoms. The van der Waals surface area contributed by atoms with Gasteiger partial charge in [0, 0.05) is 5.69 Å². The number of nitrogens with one attached hydrogen (secondary N) is 1. The number of hydrogen-bond acceptors (Lipinski definition) is 3. The lowest BCUT2D eigenvalue weighted by molar-refractivity contribution is -0.274. The first-order valence-electron chi connectivity index (χ1n) is 6.75. The van der Waals surface area contributed by atoms with Crippen molar-refractivity contribution in [3.63, 3.8) is 0 Å². The molecule has 3 N–H and O–H groups in total. The second-order valence-electron chi connectivity index (χ2n) is 5.24. The summed E-state index contributed by atoms with van der Waals surface area (Å²) >= 11 is 0. The van der Waals surface area contributed by atoms with Crippen LogP contribution in [-0.4, -0.2) is 17.8 Å². The lowest BCUT2D eigenvalue weighted by atomic mass is 9.82. The second-order valence-corrected chi connectivity index (χ2v) is 5.24. The molecular weight excluding hydrogens is 321 g/mol. The van der Waals surface area contributed by atoms with Crippen molar-refractivity contribution in [1.82, 2.24) is 0 Å². The SMILES string of the molecule is Cl.NC1(C(=O)Nc2ccc(OC(F)(F)F)cc2)CCCCC1. The summed E-state index contributed by atoms with van der Waals surface area (Å²) in [6.07, 6.45) is -0.614. The minimum atomic E-state index is -4.73. The van der Waals surface area contributed by atoms with E-state index in [1.807, 2.05) is 0 Å². The largest absolute Gasteiger partial charge is 0.573 e. The quantitative estimate of drug-likeness (QED) is 0.885. The van der Waals surface area contributed by atoms with E-state index >= 15 is 0 Å². The molecule has 0 aliphatic heterocycles. The Hall–Kier alpha value is -1.47. The third-order valence-electron chi connectivity index (χ3n) is 3.54. The molecule has 8 heteroatoms. The van der Waals surface area contributed by atoms with E-state index in [1.54, 1.807) is 0 Å². The number of benzene rings is 1. The first kappa shape index (κ1) is 18.6. The number of carbonyl (C=O) groups excluding carboxylic acids is 1. The number of alkyl halides is 3. The molecule has 0 saturated heterocycles. The standard InChI is InChI=1S/C14H17F3N2O2.ClH/c15-14(16,17)21-11-6-4-10(5-7-11)19-12(20)13(18)8-2-1-3-9-13;/h4-7H,1-3,8-9,18H2,(H,19,20);1H. The van der Waals surface area contributed by atoms with Gasteiger partial charge < -0.3 is 15.8 Å². The summed E-state index contributed by atoms with van der Waals surface area (Å²) in [6, 6.07) is 5.00. The monoisotopic (exact) mass is 338 g/mol. The minimum absolute atomic E-state index is 0. The fraction of sp³-hybridized carbons (Fsp3) is 0.500. The van der Waals surface area contributed by atoms with Crippen LogP contribution >= 0.6 is 12.4 Å². The summed E-state index contributed by atoms with van der Waals surface area (Å²) < 4.78 is 39.9. The van der Waals surface area contributed by atoms with Crippen LogP contribution in [-0.2, 0) is 4.79 Å². The maximum atomic E-state index is 12.2.